The van der Waals surface area contributed by atoms with Crippen LogP contribution in [0.15, 0.2) is 5.38 Å². The van der Waals surface area contributed by atoms with Gasteiger partial charge in [0.25, 0.3) is 0 Å². The van der Waals surface area contributed by atoms with Gasteiger partial charge in [0.15, 0.2) is 0 Å². The van der Waals surface area contributed by atoms with Crippen LogP contribution < -0.4 is 0 Å². The molecule has 5 heteroatoms. The molecule has 18 heavy (non-hydrogen) atoms. The molecule has 1 aromatic rings. The van der Waals surface area contributed by atoms with Gasteiger partial charge in [-0.25, -0.2) is 4.98 Å². The molecule has 4 nitrogen and oxygen atoms in total. The summed E-state index contributed by atoms with van der Waals surface area (Å²) in [5, 5.41) is 11.7. The second-order valence-electron chi connectivity index (χ2n) is 5.12. The molecule has 0 bridgehead atoms. The van der Waals surface area contributed by atoms with Gasteiger partial charge < -0.3 is 5.11 Å². The van der Waals surface area contributed by atoms with E-state index in [9.17, 15) is 4.79 Å². The van der Waals surface area contributed by atoms with Crippen LogP contribution in [-0.2, 0) is 16.8 Å². The highest BCUT2D eigenvalue weighted by molar-refractivity contribution is 7.09. The van der Waals surface area contributed by atoms with Gasteiger partial charge in [-0.2, -0.15) is 0 Å². The summed E-state index contributed by atoms with van der Waals surface area (Å²) in [4.78, 5) is 16.9. The lowest BCUT2D eigenvalue weighted by atomic mass is 9.93. The van der Waals surface area contributed by atoms with E-state index in [2.05, 4.69) is 31.7 Å². The van der Waals surface area contributed by atoms with Crippen molar-refractivity contribution in [1.82, 2.24) is 9.88 Å². The molecule has 0 saturated carbocycles. The van der Waals surface area contributed by atoms with Gasteiger partial charge in [-0.05, 0) is 0 Å². The van der Waals surface area contributed by atoms with Gasteiger partial charge in [-0.3, -0.25) is 9.69 Å². The molecule has 0 aliphatic carbocycles. The number of carbonyl (C=O) groups is 1. The maximum Gasteiger partial charge on any atom is 0.317 e. The van der Waals surface area contributed by atoms with Crippen molar-refractivity contribution in [1.29, 1.82) is 0 Å². The molecule has 1 heterocycles. The number of carboxylic acids is 1. The van der Waals surface area contributed by atoms with Crippen LogP contribution in [0, 0.1) is 12.3 Å². The van der Waals surface area contributed by atoms with Crippen molar-refractivity contribution in [3.8, 4) is 12.3 Å². The highest BCUT2D eigenvalue weighted by Gasteiger charge is 2.18. The van der Waals surface area contributed by atoms with E-state index in [-0.39, 0.29) is 12.0 Å². The van der Waals surface area contributed by atoms with E-state index in [1.807, 2.05) is 5.38 Å². The van der Waals surface area contributed by atoms with E-state index in [0.29, 0.717) is 13.1 Å². The lowest BCUT2D eigenvalue weighted by molar-refractivity contribution is -0.138. The maximum absolute atomic E-state index is 10.7. The molecule has 0 amide bonds. The van der Waals surface area contributed by atoms with Crippen LogP contribution in [0.3, 0.4) is 0 Å². The first kappa shape index (κ1) is 14.7. The van der Waals surface area contributed by atoms with Crippen LogP contribution in [0.4, 0.5) is 0 Å². The van der Waals surface area contributed by atoms with Gasteiger partial charge in [0.1, 0.15) is 5.01 Å². The number of hydrogen-bond acceptors (Lipinski definition) is 4. The fourth-order valence-electron chi connectivity index (χ4n) is 1.41. The van der Waals surface area contributed by atoms with Gasteiger partial charge in [-0.1, -0.05) is 26.7 Å². The van der Waals surface area contributed by atoms with Crippen LogP contribution in [0.25, 0.3) is 0 Å². The molecule has 0 unspecified atom stereocenters. The van der Waals surface area contributed by atoms with Gasteiger partial charge in [0.2, 0.25) is 0 Å². The molecular formula is C13H18N2O2S. The van der Waals surface area contributed by atoms with Gasteiger partial charge in [0.05, 0.1) is 25.3 Å². The van der Waals surface area contributed by atoms with Crippen LogP contribution in [0.1, 0.15) is 31.5 Å². The zero-order chi connectivity index (χ0) is 13.8. The van der Waals surface area contributed by atoms with E-state index < -0.39 is 5.97 Å². The van der Waals surface area contributed by atoms with E-state index in [1.54, 1.807) is 16.2 Å². The minimum atomic E-state index is -0.877. The molecule has 0 radical (unpaired) electrons. The van der Waals surface area contributed by atoms with Gasteiger partial charge in [0, 0.05) is 10.8 Å². The normalized spacial score (nSPS) is 11.5. The summed E-state index contributed by atoms with van der Waals surface area (Å²) in [7, 11) is 0. The monoisotopic (exact) mass is 266 g/mol. The number of thiazole rings is 1. The summed E-state index contributed by atoms with van der Waals surface area (Å²) in [5.41, 5.74) is 1.04. The van der Waals surface area contributed by atoms with Crippen molar-refractivity contribution in [3.63, 3.8) is 0 Å². The minimum Gasteiger partial charge on any atom is -0.480 e. The first-order chi connectivity index (χ1) is 8.32. The first-order valence-electron chi connectivity index (χ1n) is 5.65. The largest absolute Gasteiger partial charge is 0.480 e. The summed E-state index contributed by atoms with van der Waals surface area (Å²) in [6, 6.07) is 0. The molecule has 1 rings (SSSR count). The average Bonchev–Trinajstić information content (AvgIpc) is 2.64. The Morgan fingerprint density at radius 1 is 1.61 bits per heavy atom. The fourth-order valence-corrected chi connectivity index (χ4v) is 2.47. The summed E-state index contributed by atoms with van der Waals surface area (Å²) in [5.74, 6) is 1.59. The third-order valence-electron chi connectivity index (χ3n) is 2.35. The number of terminal acetylenes is 1. The Morgan fingerprint density at radius 3 is 2.72 bits per heavy atom. The van der Waals surface area contributed by atoms with Crippen molar-refractivity contribution < 1.29 is 9.90 Å². The molecule has 0 fully saturated rings. The SMILES string of the molecule is C#CCN(CC(=O)O)Cc1nc(C(C)(C)C)cs1. The molecule has 0 spiro atoms. The lowest BCUT2D eigenvalue weighted by Gasteiger charge is -2.16. The summed E-state index contributed by atoms with van der Waals surface area (Å²) in [6.45, 7) is 7.04. The molecule has 0 atom stereocenters. The number of carboxylic acid groups (broad SMARTS) is 1. The molecule has 1 N–H and O–H groups in total. The van der Waals surface area contributed by atoms with E-state index >= 15 is 0 Å². The van der Waals surface area contributed by atoms with Crippen molar-refractivity contribution in [2.75, 3.05) is 13.1 Å². The third kappa shape index (κ3) is 4.47. The molecule has 1 aromatic heterocycles. The second-order valence-corrected chi connectivity index (χ2v) is 6.06. The van der Waals surface area contributed by atoms with Crippen LogP contribution >= 0.6 is 11.3 Å². The Hall–Kier alpha value is -1.38. The topological polar surface area (TPSA) is 53.4 Å². The Kier molecular flexibility index (Phi) is 4.88. The molecule has 0 aromatic carbocycles. The number of rotatable bonds is 5. The highest BCUT2D eigenvalue weighted by Crippen LogP contribution is 2.24. The van der Waals surface area contributed by atoms with Crippen molar-refractivity contribution in [3.05, 3.63) is 16.1 Å². The standard InChI is InChI=1S/C13H18N2O2S/c1-5-6-15(8-12(16)17)7-11-14-10(9-18-11)13(2,3)4/h1,9H,6-8H2,2-4H3,(H,16,17). The van der Waals surface area contributed by atoms with Gasteiger partial charge in [-0.15, -0.1) is 17.8 Å². The molecule has 0 saturated heterocycles. The Labute approximate surface area is 112 Å². The van der Waals surface area contributed by atoms with Gasteiger partial charge >= 0.3 is 5.97 Å². The zero-order valence-corrected chi connectivity index (χ0v) is 11.8. The Bertz CT molecular complexity index is 454. The van der Waals surface area contributed by atoms with Crippen LogP contribution in [-0.4, -0.2) is 34.0 Å². The van der Waals surface area contributed by atoms with E-state index in [0.717, 1.165) is 10.7 Å². The van der Waals surface area contributed by atoms with E-state index in [1.165, 1.54) is 0 Å². The quantitative estimate of drug-likeness (QED) is 0.828. The number of nitrogens with zero attached hydrogens (tertiary/aromatic N) is 2. The summed E-state index contributed by atoms with van der Waals surface area (Å²) >= 11 is 1.54. The fraction of sp³-hybridized carbons (Fsp3) is 0.538. The van der Waals surface area contributed by atoms with Crippen molar-refractivity contribution in [2.45, 2.75) is 32.7 Å². The number of aliphatic carboxylic acids is 1. The molecular weight excluding hydrogens is 248 g/mol. The highest BCUT2D eigenvalue weighted by atomic mass is 32.1. The first-order valence-corrected chi connectivity index (χ1v) is 6.53. The Balaban J connectivity index is 2.73. The minimum absolute atomic E-state index is 0.0124. The van der Waals surface area contributed by atoms with Crippen molar-refractivity contribution in [2.24, 2.45) is 0 Å². The van der Waals surface area contributed by atoms with Crippen LogP contribution in [0.2, 0.25) is 0 Å². The smallest absolute Gasteiger partial charge is 0.317 e. The predicted octanol–water partition coefficient (Wildman–Crippen LogP) is 1.96. The number of aromatic nitrogens is 1. The van der Waals surface area contributed by atoms with E-state index in [4.69, 9.17) is 11.5 Å². The molecule has 98 valence electrons. The summed E-state index contributed by atoms with van der Waals surface area (Å²) < 4.78 is 0. The predicted molar refractivity (Wildman–Crippen MR) is 72.6 cm³/mol. The average molecular weight is 266 g/mol. The lowest BCUT2D eigenvalue weighted by Crippen LogP contribution is -2.29. The number of hydrogen-bond donors (Lipinski definition) is 1. The molecule has 0 aliphatic rings. The second kappa shape index (κ2) is 5.98. The zero-order valence-electron chi connectivity index (χ0n) is 10.9. The molecule has 0 aliphatic heterocycles. The van der Waals surface area contributed by atoms with Crippen LogP contribution in [0.5, 0.6) is 0 Å². The van der Waals surface area contributed by atoms with Crippen molar-refractivity contribution >= 4 is 17.3 Å². The Morgan fingerprint density at radius 2 is 2.28 bits per heavy atom. The summed E-state index contributed by atoms with van der Waals surface area (Å²) in [6.07, 6.45) is 5.23. The third-order valence-corrected chi connectivity index (χ3v) is 3.19. The maximum atomic E-state index is 10.7.